The Hall–Kier alpha value is -1.94. The van der Waals surface area contributed by atoms with Crippen molar-refractivity contribution in [2.45, 2.75) is 38.2 Å². The molecule has 1 aromatic heterocycles. The molecule has 24 heavy (non-hydrogen) atoms. The molecule has 2 fully saturated rings. The number of pyridine rings is 1. The summed E-state index contributed by atoms with van der Waals surface area (Å²) >= 11 is 0. The number of nitrogens with zero attached hydrogens (tertiary/aromatic N) is 2. The minimum Gasteiger partial charge on any atom is -0.381 e. The molecule has 1 saturated heterocycles. The van der Waals surface area contributed by atoms with E-state index in [-0.39, 0.29) is 17.4 Å². The van der Waals surface area contributed by atoms with E-state index >= 15 is 0 Å². The number of hydrogen-bond acceptors (Lipinski definition) is 3. The average Bonchev–Trinajstić information content (AvgIpc) is 3.02. The summed E-state index contributed by atoms with van der Waals surface area (Å²) < 4.78 is 5.74. The number of carbonyl (C=O) groups excluding carboxylic acids is 1. The van der Waals surface area contributed by atoms with Gasteiger partial charge in [0.05, 0.1) is 6.10 Å². The van der Waals surface area contributed by atoms with Gasteiger partial charge in [0.25, 0.3) is 5.91 Å². The van der Waals surface area contributed by atoms with E-state index in [4.69, 9.17) is 4.74 Å². The number of amides is 1. The maximum absolute atomic E-state index is 13.0. The van der Waals surface area contributed by atoms with Crippen molar-refractivity contribution in [2.24, 2.45) is 5.41 Å². The molecular weight excluding hydrogens is 300 g/mol. The molecule has 0 bridgehead atoms. The van der Waals surface area contributed by atoms with Crippen LogP contribution in [0.1, 0.15) is 42.6 Å². The molecule has 2 heterocycles. The first-order chi connectivity index (χ1) is 11.7. The normalized spacial score (nSPS) is 27.0. The number of piperidine rings is 1. The second kappa shape index (κ2) is 6.17. The molecule has 126 valence electrons. The first-order valence-electron chi connectivity index (χ1n) is 8.89. The second-order valence-electron chi connectivity index (χ2n) is 7.23. The van der Waals surface area contributed by atoms with E-state index in [0.29, 0.717) is 5.69 Å². The molecule has 4 heteroatoms. The zero-order valence-corrected chi connectivity index (χ0v) is 14.2. The van der Waals surface area contributed by atoms with Gasteiger partial charge in [-0.25, -0.2) is 0 Å². The van der Waals surface area contributed by atoms with Crippen molar-refractivity contribution >= 4 is 16.7 Å². The molecule has 1 aliphatic carbocycles. The smallest absolute Gasteiger partial charge is 0.272 e. The Bertz CT molecular complexity index is 760. The van der Waals surface area contributed by atoms with Gasteiger partial charge in [0.1, 0.15) is 5.69 Å². The van der Waals surface area contributed by atoms with Gasteiger partial charge in [-0.05, 0) is 37.1 Å². The Morgan fingerprint density at radius 2 is 2.04 bits per heavy atom. The van der Waals surface area contributed by atoms with Gasteiger partial charge in [0.2, 0.25) is 0 Å². The van der Waals surface area contributed by atoms with Crippen LogP contribution in [0.4, 0.5) is 0 Å². The maximum Gasteiger partial charge on any atom is 0.272 e. The van der Waals surface area contributed by atoms with Gasteiger partial charge in [-0.3, -0.25) is 9.78 Å². The van der Waals surface area contributed by atoms with Crippen LogP contribution >= 0.6 is 0 Å². The highest BCUT2D eigenvalue weighted by Crippen LogP contribution is 2.46. The Labute approximate surface area is 142 Å². The number of methoxy groups -OCH3 is 1. The van der Waals surface area contributed by atoms with Crippen LogP contribution in [0.25, 0.3) is 10.8 Å². The largest absolute Gasteiger partial charge is 0.381 e. The topological polar surface area (TPSA) is 42.4 Å². The van der Waals surface area contributed by atoms with E-state index in [1.807, 2.05) is 42.3 Å². The molecule has 1 spiro atoms. The summed E-state index contributed by atoms with van der Waals surface area (Å²) in [5, 5.41) is 2.14. The number of ether oxygens (including phenoxy) is 1. The van der Waals surface area contributed by atoms with Crippen molar-refractivity contribution in [1.29, 1.82) is 0 Å². The lowest BCUT2D eigenvalue weighted by Crippen LogP contribution is -2.50. The van der Waals surface area contributed by atoms with Crippen LogP contribution in [0.5, 0.6) is 0 Å². The summed E-state index contributed by atoms with van der Waals surface area (Å²) in [5.74, 6) is 0.0570. The van der Waals surface area contributed by atoms with Crippen LogP contribution in [0, 0.1) is 5.41 Å². The summed E-state index contributed by atoms with van der Waals surface area (Å²) in [6.07, 6.45) is 7.80. The fraction of sp³-hybridized carbons (Fsp3) is 0.500. The third-order valence-corrected chi connectivity index (χ3v) is 5.85. The summed E-state index contributed by atoms with van der Waals surface area (Å²) in [7, 11) is 1.81. The molecule has 1 aromatic carbocycles. The Morgan fingerprint density at radius 3 is 2.88 bits per heavy atom. The van der Waals surface area contributed by atoms with E-state index in [0.717, 1.165) is 36.7 Å². The number of carbonyl (C=O) groups is 1. The summed E-state index contributed by atoms with van der Waals surface area (Å²) in [5.41, 5.74) is 0.706. The van der Waals surface area contributed by atoms with Crippen LogP contribution < -0.4 is 0 Å². The lowest BCUT2D eigenvalue weighted by Gasteiger charge is -2.43. The highest BCUT2D eigenvalue weighted by molar-refractivity contribution is 5.96. The summed E-state index contributed by atoms with van der Waals surface area (Å²) in [4.78, 5) is 19.4. The molecule has 1 amide bonds. The standard InChI is InChI=1S/C20H24N2O2/c1-24-18-8-4-9-20(18)10-5-11-22(14-20)19(23)17-12-15-6-2-3-7-16(15)13-21-17/h2-3,6-7,12-13,18H,4-5,8-11,14H2,1H3/t18-,20+/m1/s1. The van der Waals surface area contributed by atoms with Gasteiger partial charge in [0.15, 0.2) is 0 Å². The van der Waals surface area contributed by atoms with Gasteiger partial charge in [-0.2, -0.15) is 0 Å². The Morgan fingerprint density at radius 1 is 1.25 bits per heavy atom. The number of aromatic nitrogens is 1. The van der Waals surface area contributed by atoms with Gasteiger partial charge in [-0.15, -0.1) is 0 Å². The van der Waals surface area contributed by atoms with Crippen molar-refractivity contribution in [3.63, 3.8) is 0 Å². The summed E-state index contributed by atoms with van der Waals surface area (Å²) in [6, 6.07) is 9.96. The SMILES string of the molecule is CO[C@@H]1CCC[C@@]12CCCN(C(=O)c1cc3ccccc3cn1)C2. The van der Waals surface area contributed by atoms with Crippen LogP contribution in [-0.2, 0) is 4.74 Å². The maximum atomic E-state index is 13.0. The van der Waals surface area contributed by atoms with E-state index in [1.54, 1.807) is 6.20 Å². The van der Waals surface area contributed by atoms with E-state index in [1.165, 1.54) is 19.3 Å². The van der Waals surface area contributed by atoms with Gasteiger partial charge >= 0.3 is 0 Å². The zero-order valence-electron chi connectivity index (χ0n) is 14.2. The lowest BCUT2D eigenvalue weighted by atomic mass is 9.76. The van der Waals surface area contributed by atoms with Crippen LogP contribution in [0.3, 0.4) is 0 Å². The fourth-order valence-electron chi connectivity index (χ4n) is 4.64. The monoisotopic (exact) mass is 324 g/mol. The Kier molecular flexibility index (Phi) is 4.01. The predicted octanol–water partition coefficient (Wildman–Crippen LogP) is 3.66. The second-order valence-corrected chi connectivity index (χ2v) is 7.23. The van der Waals surface area contributed by atoms with Crippen molar-refractivity contribution in [2.75, 3.05) is 20.2 Å². The minimum absolute atomic E-state index is 0.0570. The number of rotatable bonds is 2. The molecule has 0 N–H and O–H groups in total. The average molecular weight is 324 g/mol. The highest BCUT2D eigenvalue weighted by atomic mass is 16.5. The van der Waals surface area contributed by atoms with Crippen molar-refractivity contribution in [1.82, 2.24) is 9.88 Å². The van der Waals surface area contributed by atoms with Gasteiger partial charge < -0.3 is 9.64 Å². The predicted molar refractivity (Wildman–Crippen MR) is 94.0 cm³/mol. The molecule has 0 unspecified atom stereocenters. The van der Waals surface area contributed by atoms with E-state index < -0.39 is 0 Å². The number of fused-ring (bicyclic) bond motifs is 1. The minimum atomic E-state index is 0.0570. The zero-order chi connectivity index (χ0) is 16.6. The lowest BCUT2D eigenvalue weighted by molar-refractivity contribution is -0.0296. The summed E-state index contributed by atoms with van der Waals surface area (Å²) in [6.45, 7) is 1.63. The molecule has 4 rings (SSSR count). The molecular formula is C20H24N2O2. The molecule has 2 aromatic rings. The quantitative estimate of drug-likeness (QED) is 0.847. The molecule has 0 radical (unpaired) electrons. The molecule has 1 saturated carbocycles. The molecule has 4 nitrogen and oxygen atoms in total. The number of benzene rings is 1. The van der Waals surface area contributed by atoms with Crippen LogP contribution in [-0.4, -0.2) is 42.1 Å². The van der Waals surface area contributed by atoms with Crippen molar-refractivity contribution in [3.05, 3.63) is 42.2 Å². The van der Waals surface area contributed by atoms with Crippen molar-refractivity contribution < 1.29 is 9.53 Å². The highest BCUT2D eigenvalue weighted by Gasteiger charge is 2.46. The van der Waals surface area contributed by atoms with Gasteiger partial charge in [0, 0.05) is 37.2 Å². The van der Waals surface area contributed by atoms with Gasteiger partial charge in [-0.1, -0.05) is 30.7 Å². The third kappa shape index (κ3) is 2.59. The third-order valence-electron chi connectivity index (χ3n) is 5.85. The number of likely N-dealkylation sites (tertiary alicyclic amines) is 1. The fourth-order valence-corrected chi connectivity index (χ4v) is 4.64. The van der Waals surface area contributed by atoms with Crippen LogP contribution in [0.15, 0.2) is 36.5 Å². The first-order valence-corrected chi connectivity index (χ1v) is 8.89. The van der Waals surface area contributed by atoms with Crippen molar-refractivity contribution in [3.8, 4) is 0 Å². The molecule has 2 aliphatic rings. The molecule has 2 atom stereocenters. The van der Waals surface area contributed by atoms with E-state index in [2.05, 4.69) is 4.98 Å². The Balaban J connectivity index is 1.59. The van der Waals surface area contributed by atoms with E-state index in [9.17, 15) is 4.79 Å². The first kappa shape index (κ1) is 15.6. The molecule has 1 aliphatic heterocycles. The number of hydrogen-bond donors (Lipinski definition) is 0. The van der Waals surface area contributed by atoms with Crippen LogP contribution in [0.2, 0.25) is 0 Å².